The van der Waals surface area contributed by atoms with Crippen LogP contribution in [0.5, 0.6) is 0 Å². The first-order chi connectivity index (χ1) is 11.2. The number of hydrogen-bond acceptors (Lipinski definition) is 3. The van der Waals surface area contributed by atoms with Crippen molar-refractivity contribution >= 4 is 10.8 Å². The van der Waals surface area contributed by atoms with E-state index in [1.165, 1.54) is 16.3 Å². The summed E-state index contributed by atoms with van der Waals surface area (Å²) >= 11 is 0. The minimum atomic E-state index is 0.108. The summed E-state index contributed by atoms with van der Waals surface area (Å²) in [7, 11) is 2.05. The Hall–Kier alpha value is -2.88. The third kappa shape index (κ3) is 2.32. The van der Waals surface area contributed by atoms with Gasteiger partial charge in [-0.3, -0.25) is 5.10 Å². The molecule has 1 N–H and O–H groups in total. The van der Waals surface area contributed by atoms with Crippen LogP contribution in [0.25, 0.3) is 22.2 Å². The molecular formula is C19H18N4. The van der Waals surface area contributed by atoms with E-state index in [1.54, 1.807) is 0 Å². The van der Waals surface area contributed by atoms with Crippen molar-refractivity contribution in [3.05, 3.63) is 72.2 Å². The molecule has 0 bridgehead atoms. The van der Waals surface area contributed by atoms with Gasteiger partial charge in [-0.15, -0.1) is 0 Å². The van der Waals surface area contributed by atoms with Crippen LogP contribution in [0.3, 0.4) is 0 Å². The predicted octanol–water partition coefficient (Wildman–Crippen LogP) is 4.07. The number of nitrogens with zero attached hydrogens (tertiary/aromatic N) is 3. The van der Waals surface area contributed by atoms with Gasteiger partial charge in [0.1, 0.15) is 6.04 Å². The van der Waals surface area contributed by atoms with Gasteiger partial charge in [-0.25, -0.2) is 4.98 Å². The molecule has 1 unspecified atom stereocenters. The molecule has 4 nitrogen and oxygen atoms in total. The van der Waals surface area contributed by atoms with E-state index in [4.69, 9.17) is 4.98 Å². The van der Waals surface area contributed by atoms with E-state index in [-0.39, 0.29) is 6.04 Å². The second-order valence-corrected chi connectivity index (χ2v) is 5.89. The summed E-state index contributed by atoms with van der Waals surface area (Å²) in [6.45, 7) is 2.12. The van der Waals surface area contributed by atoms with E-state index in [0.717, 1.165) is 17.2 Å². The van der Waals surface area contributed by atoms with Crippen molar-refractivity contribution in [3.8, 4) is 11.4 Å². The lowest BCUT2D eigenvalue weighted by molar-refractivity contribution is 0.359. The van der Waals surface area contributed by atoms with Crippen LogP contribution in [0.2, 0.25) is 0 Å². The molecule has 1 aliphatic rings. The number of rotatable bonds is 2. The maximum atomic E-state index is 4.77. The molecular weight excluding hydrogens is 284 g/mol. The Morgan fingerprint density at radius 2 is 1.91 bits per heavy atom. The third-order valence-corrected chi connectivity index (χ3v) is 4.31. The molecule has 0 amide bonds. The molecule has 4 rings (SSSR count). The SMILES string of the molecule is CC1=CC=CN(C)C1c1nc(-c2cccc3ccccc23)n[nH]1. The molecule has 0 saturated heterocycles. The van der Waals surface area contributed by atoms with Crippen molar-refractivity contribution in [3.63, 3.8) is 0 Å². The summed E-state index contributed by atoms with van der Waals surface area (Å²) in [6.07, 6.45) is 6.22. The van der Waals surface area contributed by atoms with Crippen LogP contribution in [0, 0.1) is 0 Å². The fourth-order valence-corrected chi connectivity index (χ4v) is 3.17. The highest BCUT2D eigenvalue weighted by Gasteiger charge is 2.23. The minimum absolute atomic E-state index is 0.108. The molecule has 1 aromatic heterocycles. The molecule has 114 valence electrons. The zero-order valence-electron chi connectivity index (χ0n) is 13.2. The fourth-order valence-electron chi connectivity index (χ4n) is 3.17. The lowest BCUT2D eigenvalue weighted by Crippen LogP contribution is -2.23. The molecule has 0 saturated carbocycles. The zero-order chi connectivity index (χ0) is 15.8. The summed E-state index contributed by atoms with van der Waals surface area (Å²) < 4.78 is 0. The average molecular weight is 302 g/mol. The summed E-state index contributed by atoms with van der Waals surface area (Å²) in [5.74, 6) is 1.61. The Morgan fingerprint density at radius 3 is 2.78 bits per heavy atom. The lowest BCUT2D eigenvalue weighted by Gasteiger charge is -2.27. The second kappa shape index (κ2) is 5.39. The lowest BCUT2D eigenvalue weighted by atomic mass is 10.0. The number of fused-ring (bicyclic) bond motifs is 1. The maximum absolute atomic E-state index is 4.77. The first-order valence-corrected chi connectivity index (χ1v) is 7.71. The molecule has 4 heteroatoms. The van der Waals surface area contributed by atoms with Crippen molar-refractivity contribution in [2.75, 3.05) is 7.05 Å². The van der Waals surface area contributed by atoms with Crippen LogP contribution in [-0.2, 0) is 0 Å². The Morgan fingerprint density at radius 1 is 1.09 bits per heavy atom. The van der Waals surface area contributed by atoms with E-state index in [2.05, 4.69) is 65.6 Å². The standard InChI is InChI=1S/C19H18N4/c1-13-7-6-12-23(2)17(13)19-20-18(21-22-19)16-11-5-9-14-8-3-4-10-15(14)16/h3-12,17H,1-2H3,(H,20,21,22). The van der Waals surface area contributed by atoms with Crippen LogP contribution in [-0.4, -0.2) is 27.1 Å². The maximum Gasteiger partial charge on any atom is 0.181 e. The largest absolute Gasteiger partial charge is 0.367 e. The topological polar surface area (TPSA) is 44.8 Å². The number of likely N-dealkylation sites (N-methyl/N-ethyl adjacent to an activating group) is 1. The minimum Gasteiger partial charge on any atom is -0.367 e. The highest BCUT2D eigenvalue weighted by Crippen LogP contribution is 2.30. The molecule has 0 fully saturated rings. The Balaban J connectivity index is 1.79. The normalized spacial score (nSPS) is 17.6. The number of aromatic nitrogens is 3. The van der Waals surface area contributed by atoms with Gasteiger partial charge in [0.05, 0.1) is 0 Å². The summed E-state index contributed by atoms with van der Waals surface area (Å²) in [4.78, 5) is 6.91. The average Bonchev–Trinajstić information content (AvgIpc) is 3.03. The Kier molecular flexibility index (Phi) is 3.23. The van der Waals surface area contributed by atoms with Crippen LogP contribution in [0.1, 0.15) is 18.8 Å². The Labute approximate surface area is 135 Å². The van der Waals surface area contributed by atoms with Gasteiger partial charge in [0.25, 0.3) is 0 Å². The van der Waals surface area contributed by atoms with Crippen LogP contribution < -0.4 is 0 Å². The molecule has 0 radical (unpaired) electrons. The molecule has 0 spiro atoms. The number of aromatic amines is 1. The first kappa shape index (κ1) is 13.8. The first-order valence-electron chi connectivity index (χ1n) is 7.71. The fraction of sp³-hybridized carbons (Fsp3) is 0.158. The second-order valence-electron chi connectivity index (χ2n) is 5.89. The number of benzene rings is 2. The molecule has 2 heterocycles. The van der Waals surface area contributed by atoms with Crippen LogP contribution >= 0.6 is 0 Å². The van der Waals surface area contributed by atoms with Gasteiger partial charge in [-0.1, -0.05) is 48.5 Å². The smallest absolute Gasteiger partial charge is 0.181 e. The van der Waals surface area contributed by atoms with Crippen LogP contribution in [0.15, 0.2) is 66.4 Å². The van der Waals surface area contributed by atoms with Gasteiger partial charge in [0.2, 0.25) is 0 Å². The molecule has 0 aliphatic carbocycles. The van der Waals surface area contributed by atoms with Gasteiger partial charge in [0.15, 0.2) is 11.6 Å². The van der Waals surface area contributed by atoms with Crippen molar-refractivity contribution in [2.45, 2.75) is 13.0 Å². The number of allylic oxidation sites excluding steroid dienone is 2. The zero-order valence-corrected chi connectivity index (χ0v) is 13.2. The van der Waals surface area contributed by atoms with Crippen molar-refractivity contribution in [2.24, 2.45) is 0 Å². The van der Waals surface area contributed by atoms with E-state index >= 15 is 0 Å². The molecule has 3 aromatic rings. The van der Waals surface area contributed by atoms with Gasteiger partial charge < -0.3 is 4.90 Å². The van der Waals surface area contributed by atoms with E-state index in [1.807, 2.05) is 24.3 Å². The summed E-state index contributed by atoms with van der Waals surface area (Å²) in [5, 5.41) is 9.96. The third-order valence-electron chi connectivity index (χ3n) is 4.31. The number of hydrogen-bond donors (Lipinski definition) is 1. The Bertz CT molecular complexity index is 915. The highest BCUT2D eigenvalue weighted by molar-refractivity contribution is 5.94. The molecule has 2 aromatic carbocycles. The molecule has 23 heavy (non-hydrogen) atoms. The van der Waals surface area contributed by atoms with Crippen LogP contribution in [0.4, 0.5) is 0 Å². The summed E-state index contributed by atoms with van der Waals surface area (Å²) in [5.41, 5.74) is 2.30. The number of nitrogens with one attached hydrogen (secondary N) is 1. The predicted molar refractivity (Wildman–Crippen MR) is 92.7 cm³/mol. The molecule has 1 aliphatic heterocycles. The van der Waals surface area contributed by atoms with Gasteiger partial charge in [0, 0.05) is 12.6 Å². The summed E-state index contributed by atoms with van der Waals surface area (Å²) in [6, 6.07) is 14.7. The monoisotopic (exact) mass is 302 g/mol. The molecule has 1 atom stereocenters. The van der Waals surface area contributed by atoms with Crippen molar-refractivity contribution < 1.29 is 0 Å². The number of H-pyrrole nitrogens is 1. The van der Waals surface area contributed by atoms with Crippen molar-refractivity contribution in [1.29, 1.82) is 0 Å². The highest BCUT2D eigenvalue weighted by atomic mass is 15.3. The van der Waals surface area contributed by atoms with E-state index in [9.17, 15) is 0 Å². The van der Waals surface area contributed by atoms with E-state index in [0.29, 0.717) is 0 Å². The van der Waals surface area contributed by atoms with E-state index < -0.39 is 0 Å². The van der Waals surface area contributed by atoms with Gasteiger partial charge in [-0.2, -0.15) is 5.10 Å². The quantitative estimate of drug-likeness (QED) is 0.776. The van der Waals surface area contributed by atoms with Gasteiger partial charge >= 0.3 is 0 Å². The van der Waals surface area contributed by atoms with Gasteiger partial charge in [-0.05, 0) is 35.5 Å². The van der Waals surface area contributed by atoms with Crippen molar-refractivity contribution in [1.82, 2.24) is 20.1 Å².